The summed E-state index contributed by atoms with van der Waals surface area (Å²) >= 11 is 1.27. The summed E-state index contributed by atoms with van der Waals surface area (Å²) in [5, 5.41) is 20.3. The Morgan fingerprint density at radius 3 is 2.81 bits per heavy atom. The van der Waals surface area contributed by atoms with Crippen molar-refractivity contribution >= 4 is 22.4 Å². The minimum Gasteiger partial charge on any atom is -0.387 e. The van der Waals surface area contributed by atoms with Crippen LogP contribution in [-0.4, -0.2) is 24.5 Å². The predicted octanol–water partition coefficient (Wildman–Crippen LogP) is 2.82. The Kier molecular flexibility index (Phi) is 3.73. The molecule has 1 N–H and O–H groups in total. The van der Waals surface area contributed by atoms with Crippen LogP contribution in [0.3, 0.4) is 0 Å². The topological polar surface area (TPSA) is 63.8 Å². The van der Waals surface area contributed by atoms with E-state index in [0.717, 1.165) is 27.2 Å². The fourth-order valence-electron chi connectivity index (χ4n) is 2.55. The Morgan fingerprint density at radius 1 is 1.29 bits per heavy atom. The first kappa shape index (κ1) is 14.2. The number of aryl methyl sites for hydroxylation is 1. The van der Waals surface area contributed by atoms with Crippen molar-refractivity contribution in [2.45, 2.75) is 32.3 Å². The Morgan fingerprint density at radius 2 is 2.05 bits per heavy atom. The van der Waals surface area contributed by atoms with Crippen LogP contribution >= 0.6 is 11.5 Å². The standard InChI is InChI=1S/C15H18N4OS/c1-9(2)14-15(21-18-16-14)13(20)8-11-10-6-4-5-7-12(10)19(3)17-11/h4-7,9,13,20H,8H2,1-3H3. The van der Waals surface area contributed by atoms with Crippen molar-refractivity contribution < 1.29 is 5.11 Å². The van der Waals surface area contributed by atoms with Gasteiger partial charge in [0.25, 0.3) is 0 Å². The molecule has 1 atom stereocenters. The van der Waals surface area contributed by atoms with E-state index in [-0.39, 0.29) is 5.92 Å². The Balaban J connectivity index is 1.93. The summed E-state index contributed by atoms with van der Waals surface area (Å²) in [6.45, 7) is 4.12. The number of rotatable bonds is 4. The van der Waals surface area contributed by atoms with Crippen LogP contribution in [0.1, 0.15) is 42.1 Å². The van der Waals surface area contributed by atoms with Crippen LogP contribution in [-0.2, 0) is 13.5 Å². The van der Waals surface area contributed by atoms with E-state index in [1.54, 1.807) is 0 Å². The molecule has 0 saturated heterocycles. The van der Waals surface area contributed by atoms with Gasteiger partial charge < -0.3 is 5.11 Å². The summed E-state index contributed by atoms with van der Waals surface area (Å²) in [6, 6.07) is 8.06. The lowest BCUT2D eigenvalue weighted by molar-refractivity contribution is 0.179. The molecule has 2 aromatic heterocycles. The smallest absolute Gasteiger partial charge is 0.0973 e. The third-order valence-electron chi connectivity index (χ3n) is 3.61. The SMILES string of the molecule is CC(C)c1nnsc1C(O)Cc1nn(C)c2ccccc12. The van der Waals surface area contributed by atoms with Crippen molar-refractivity contribution in [3.8, 4) is 0 Å². The molecule has 0 radical (unpaired) electrons. The maximum Gasteiger partial charge on any atom is 0.0973 e. The van der Waals surface area contributed by atoms with Gasteiger partial charge in [-0.15, -0.1) is 5.10 Å². The van der Waals surface area contributed by atoms with E-state index in [2.05, 4.69) is 28.5 Å². The molecule has 0 aliphatic carbocycles. The molecule has 0 amide bonds. The predicted molar refractivity (Wildman–Crippen MR) is 83.4 cm³/mol. The highest BCUT2D eigenvalue weighted by molar-refractivity contribution is 7.05. The lowest BCUT2D eigenvalue weighted by Crippen LogP contribution is -2.05. The van der Waals surface area contributed by atoms with E-state index in [1.165, 1.54) is 11.5 Å². The summed E-state index contributed by atoms with van der Waals surface area (Å²) in [6.07, 6.45) is -0.133. The van der Waals surface area contributed by atoms with Gasteiger partial charge in [0.05, 0.1) is 27.9 Å². The minimum atomic E-state index is -0.610. The maximum absolute atomic E-state index is 10.5. The van der Waals surface area contributed by atoms with Crippen molar-refractivity contribution in [2.75, 3.05) is 0 Å². The van der Waals surface area contributed by atoms with Crippen molar-refractivity contribution in [3.63, 3.8) is 0 Å². The van der Waals surface area contributed by atoms with Gasteiger partial charge in [-0.2, -0.15) is 5.10 Å². The van der Waals surface area contributed by atoms with Gasteiger partial charge in [-0.05, 0) is 23.5 Å². The summed E-state index contributed by atoms with van der Waals surface area (Å²) < 4.78 is 5.83. The Labute approximate surface area is 127 Å². The van der Waals surface area contributed by atoms with Gasteiger partial charge >= 0.3 is 0 Å². The van der Waals surface area contributed by atoms with E-state index in [0.29, 0.717) is 6.42 Å². The van der Waals surface area contributed by atoms with Crippen LogP contribution in [0.4, 0.5) is 0 Å². The van der Waals surface area contributed by atoms with Crippen molar-refractivity contribution in [1.29, 1.82) is 0 Å². The zero-order chi connectivity index (χ0) is 15.0. The van der Waals surface area contributed by atoms with Crippen LogP contribution < -0.4 is 0 Å². The van der Waals surface area contributed by atoms with Gasteiger partial charge in [0, 0.05) is 18.9 Å². The maximum atomic E-state index is 10.5. The molecule has 1 aromatic carbocycles. The summed E-state index contributed by atoms with van der Waals surface area (Å²) in [5.74, 6) is 0.258. The van der Waals surface area contributed by atoms with Crippen LogP contribution in [0, 0.1) is 0 Å². The van der Waals surface area contributed by atoms with E-state index in [1.807, 2.05) is 36.0 Å². The highest BCUT2D eigenvalue weighted by Gasteiger charge is 2.21. The number of hydrogen-bond acceptors (Lipinski definition) is 5. The van der Waals surface area contributed by atoms with Crippen LogP contribution in [0.5, 0.6) is 0 Å². The van der Waals surface area contributed by atoms with Gasteiger partial charge in [-0.25, -0.2) is 0 Å². The van der Waals surface area contributed by atoms with Gasteiger partial charge in [0.15, 0.2) is 0 Å². The molecular weight excluding hydrogens is 284 g/mol. The highest BCUT2D eigenvalue weighted by Crippen LogP contribution is 2.30. The molecular formula is C15H18N4OS. The largest absolute Gasteiger partial charge is 0.387 e. The van der Waals surface area contributed by atoms with E-state index < -0.39 is 6.10 Å². The fourth-order valence-corrected chi connectivity index (χ4v) is 3.34. The number of nitrogens with zero attached hydrogens (tertiary/aromatic N) is 4. The summed E-state index contributed by atoms with van der Waals surface area (Å²) in [5.41, 5.74) is 2.86. The number of hydrogen-bond donors (Lipinski definition) is 1. The summed E-state index contributed by atoms with van der Waals surface area (Å²) in [4.78, 5) is 0.847. The van der Waals surface area contributed by atoms with Gasteiger partial charge in [-0.3, -0.25) is 4.68 Å². The lowest BCUT2D eigenvalue weighted by Gasteiger charge is -2.10. The molecule has 1 unspecified atom stereocenters. The van der Waals surface area contributed by atoms with Crippen molar-refractivity contribution in [1.82, 2.24) is 19.4 Å². The fraction of sp³-hybridized carbons (Fsp3) is 0.400. The third-order valence-corrected chi connectivity index (χ3v) is 4.45. The molecule has 110 valence electrons. The van der Waals surface area contributed by atoms with E-state index in [9.17, 15) is 5.11 Å². The van der Waals surface area contributed by atoms with Gasteiger partial charge in [0.2, 0.25) is 0 Å². The molecule has 0 aliphatic rings. The molecule has 21 heavy (non-hydrogen) atoms. The van der Waals surface area contributed by atoms with Crippen molar-refractivity contribution in [3.05, 3.63) is 40.5 Å². The van der Waals surface area contributed by atoms with Crippen LogP contribution in [0.25, 0.3) is 10.9 Å². The van der Waals surface area contributed by atoms with E-state index in [4.69, 9.17) is 0 Å². The second-order valence-electron chi connectivity index (χ2n) is 5.48. The second kappa shape index (κ2) is 5.54. The average molecular weight is 302 g/mol. The van der Waals surface area contributed by atoms with Gasteiger partial charge in [-0.1, -0.05) is 36.5 Å². The number of fused-ring (bicyclic) bond motifs is 1. The molecule has 3 rings (SSSR count). The van der Waals surface area contributed by atoms with Crippen molar-refractivity contribution in [2.24, 2.45) is 7.05 Å². The third kappa shape index (κ3) is 2.56. The number of benzene rings is 1. The molecule has 2 heterocycles. The monoisotopic (exact) mass is 302 g/mol. The highest BCUT2D eigenvalue weighted by atomic mass is 32.1. The summed E-state index contributed by atoms with van der Waals surface area (Å²) in [7, 11) is 1.92. The zero-order valence-corrected chi connectivity index (χ0v) is 13.1. The van der Waals surface area contributed by atoms with Gasteiger partial charge in [0.1, 0.15) is 0 Å². The molecule has 5 nitrogen and oxygen atoms in total. The quantitative estimate of drug-likeness (QED) is 0.805. The minimum absolute atomic E-state index is 0.258. The molecule has 0 aliphatic heterocycles. The molecule has 0 bridgehead atoms. The van der Waals surface area contributed by atoms with Crippen LogP contribution in [0.2, 0.25) is 0 Å². The zero-order valence-electron chi connectivity index (χ0n) is 12.3. The molecule has 0 spiro atoms. The van der Waals surface area contributed by atoms with E-state index >= 15 is 0 Å². The lowest BCUT2D eigenvalue weighted by atomic mass is 10.0. The molecule has 0 fully saturated rings. The number of aliphatic hydroxyl groups is 1. The molecule has 0 saturated carbocycles. The first-order valence-corrected chi connectivity index (χ1v) is 7.76. The molecule has 6 heteroatoms. The first-order valence-electron chi connectivity index (χ1n) is 6.98. The Bertz CT molecular complexity index is 762. The second-order valence-corrected chi connectivity index (χ2v) is 6.27. The first-order chi connectivity index (χ1) is 10.1. The average Bonchev–Trinajstić information content (AvgIpc) is 3.06. The molecule has 3 aromatic rings. The number of para-hydroxylation sites is 1. The Hall–Kier alpha value is -1.79. The number of aliphatic hydroxyl groups excluding tert-OH is 1. The number of aromatic nitrogens is 4. The normalized spacial score (nSPS) is 13.2. The van der Waals surface area contributed by atoms with Crippen LogP contribution in [0.15, 0.2) is 24.3 Å².